The lowest BCUT2D eigenvalue weighted by Crippen LogP contribution is -2.02. The van der Waals surface area contributed by atoms with Gasteiger partial charge in [-0.25, -0.2) is 9.37 Å². The molecule has 0 atom stereocenters. The van der Waals surface area contributed by atoms with Gasteiger partial charge >= 0.3 is 0 Å². The highest BCUT2D eigenvalue weighted by Gasteiger charge is 2.10. The SMILES string of the molecule is NCCc1ncc(-c2ccc(Br)cc2F)o1. The van der Waals surface area contributed by atoms with Crippen LogP contribution in [-0.4, -0.2) is 11.5 Å². The molecule has 2 aromatic rings. The number of halogens is 2. The van der Waals surface area contributed by atoms with Gasteiger partial charge in [0.25, 0.3) is 0 Å². The zero-order chi connectivity index (χ0) is 11.5. The second-order valence-corrected chi connectivity index (χ2v) is 4.20. The summed E-state index contributed by atoms with van der Waals surface area (Å²) in [6, 6.07) is 4.79. The van der Waals surface area contributed by atoms with Crippen LogP contribution < -0.4 is 5.73 Å². The topological polar surface area (TPSA) is 52.0 Å². The van der Waals surface area contributed by atoms with Crippen LogP contribution in [0.4, 0.5) is 4.39 Å². The summed E-state index contributed by atoms with van der Waals surface area (Å²) in [4.78, 5) is 4.02. The molecule has 2 rings (SSSR count). The van der Waals surface area contributed by atoms with Crippen molar-refractivity contribution in [3.63, 3.8) is 0 Å². The Labute approximate surface area is 101 Å². The number of nitrogens with zero attached hydrogens (tertiary/aromatic N) is 1. The molecule has 1 heterocycles. The summed E-state index contributed by atoms with van der Waals surface area (Å²) in [5, 5.41) is 0. The molecular formula is C11H10BrFN2O. The van der Waals surface area contributed by atoms with Crippen LogP contribution in [0.3, 0.4) is 0 Å². The summed E-state index contributed by atoms with van der Waals surface area (Å²) >= 11 is 3.20. The van der Waals surface area contributed by atoms with Crippen molar-refractivity contribution in [3.05, 3.63) is 40.6 Å². The van der Waals surface area contributed by atoms with Crippen molar-refractivity contribution in [3.8, 4) is 11.3 Å². The second-order valence-electron chi connectivity index (χ2n) is 3.28. The minimum Gasteiger partial charge on any atom is -0.441 e. The predicted molar refractivity (Wildman–Crippen MR) is 62.4 cm³/mol. The van der Waals surface area contributed by atoms with Crippen LogP contribution in [0.1, 0.15) is 5.89 Å². The lowest BCUT2D eigenvalue weighted by Gasteiger charge is -1.99. The number of aromatic nitrogens is 1. The van der Waals surface area contributed by atoms with Crippen molar-refractivity contribution in [2.45, 2.75) is 6.42 Å². The lowest BCUT2D eigenvalue weighted by molar-refractivity contribution is 0.504. The Morgan fingerprint density at radius 1 is 1.44 bits per heavy atom. The van der Waals surface area contributed by atoms with Gasteiger partial charge in [-0.1, -0.05) is 15.9 Å². The largest absolute Gasteiger partial charge is 0.441 e. The molecule has 0 spiro atoms. The Balaban J connectivity index is 2.35. The van der Waals surface area contributed by atoms with E-state index in [-0.39, 0.29) is 5.82 Å². The van der Waals surface area contributed by atoms with Gasteiger partial charge in [0.05, 0.1) is 11.8 Å². The van der Waals surface area contributed by atoms with E-state index in [9.17, 15) is 4.39 Å². The highest BCUT2D eigenvalue weighted by atomic mass is 79.9. The molecular weight excluding hydrogens is 275 g/mol. The van der Waals surface area contributed by atoms with E-state index < -0.39 is 0 Å². The first-order valence-corrected chi connectivity index (χ1v) is 5.60. The van der Waals surface area contributed by atoms with Crippen LogP contribution in [0.5, 0.6) is 0 Å². The minimum atomic E-state index is -0.343. The van der Waals surface area contributed by atoms with E-state index >= 15 is 0 Å². The number of nitrogens with two attached hydrogens (primary N) is 1. The van der Waals surface area contributed by atoms with Gasteiger partial charge in [-0.15, -0.1) is 0 Å². The molecule has 0 bridgehead atoms. The third kappa shape index (κ3) is 2.31. The van der Waals surface area contributed by atoms with E-state index in [0.717, 1.165) is 0 Å². The normalized spacial score (nSPS) is 10.7. The van der Waals surface area contributed by atoms with Gasteiger partial charge < -0.3 is 10.2 Å². The molecule has 1 aromatic carbocycles. The third-order valence-electron chi connectivity index (χ3n) is 2.11. The first kappa shape index (κ1) is 11.3. The summed E-state index contributed by atoms with van der Waals surface area (Å²) < 4.78 is 19.7. The number of hydrogen-bond acceptors (Lipinski definition) is 3. The third-order valence-corrected chi connectivity index (χ3v) is 2.60. The van der Waals surface area contributed by atoms with Crippen molar-refractivity contribution in [2.75, 3.05) is 6.54 Å². The average Bonchev–Trinajstić information content (AvgIpc) is 2.67. The molecule has 0 saturated heterocycles. The van der Waals surface area contributed by atoms with Gasteiger partial charge in [-0.3, -0.25) is 0 Å². The average molecular weight is 285 g/mol. The second kappa shape index (κ2) is 4.76. The number of hydrogen-bond donors (Lipinski definition) is 1. The summed E-state index contributed by atoms with van der Waals surface area (Å²) in [5.41, 5.74) is 5.78. The van der Waals surface area contributed by atoms with Crippen LogP contribution in [0.25, 0.3) is 11.3 Å². The highest BCUT2D eigenvalue weighted by Crippen LogP contribution is 2.26. The first-order valence-electron chi connectivity index (χ1n) is 4.81. The van der Waals surface area contributed by atoms with Crippen LogP contribution in [0.2, 0.25) is 0 Å². The van der Waals surface area contributed by atoms with Crippen LogP contribution in [0.15, 0.2) is 33.3 Å². The van der Waals surface area contributed by atoms with Crippen molar-refractivity contribution >= 4 is 15.9 Å². The zero-order valence-corrected chi connectivity index (χ0v) is 10.00. The lowest BCUT2D eigenvalue weighted by atomic mass is 10.2. The maximum Gasteiger partial charge on any atom is 0.196 e. The van der Waals surface area contributed by atoms with Crippen molar-refractivity contribution in [1.82, 2.24) is 4.98 Å². The summed E-state index contributed by atoms with van der Waals surface area (Å²) in [6.45, 7) is 0.461. The summed E-state index contributed by atoms with van der Waals surface area (Å²) in [5.74, 6) is 0.609. The smallest absolute Gasteiger partial charge is 0.196 e. The predicted octanol–water partition coefficient (Wildman–Crippen LogP) is 2.74. The maximum atomic E-state index is 13.6. The van der Waals surface area contributed by atoms with E-state index in [1.54, 1.807) is 12.1 Å². The fraction of sp³-hybridized carbons (Fsp3) is 0.182. The molecule has 0 aliphatic carbocycles. The van der Waals surface area contributed by atoms with E-state index in [1.807, 2.05) is 0 Å². The minimum absolute atomic E-state index is 0.343. The van der Waals surface area contributed by atoms with Crippen molar-refractivity contribution in [1.29, 1.82) is 0 Å². The molecule has 0 aliphatic rings. The van der Waals surface area contributed by atoms with Gasteiger partial charge in [-0.05, 0) is 18.2 Å². The molecule has 16 heavy (non-hydrogen) atoms. The quantitative estimate of drug-likeness (QED) is 0.943. The van der Waals surface area contributed by atoms with Gasteiger partial charge in [-0.2, -0.15) is 0 Å². The monoisotopic (exact) mass is 284 g/mol. The molecule has 3 nitrogen and oxygen atoms in total. The molecule has 0 saturated carbocycles. The summed E-state index contributed by atoms with van der Waals surface area (Å²) in [6.07, 6.45) is 2.06. The highest BCUT2D eigenvalue weighted by molar-refractivity contribution is 9.10. The van der Waals surface area contributed by atoms with Crippen LogP contribution in [0, 0.1) is 5.82 Å². The van der Waals surface area contributed by atoms with E-state index in [1.165, 1.54) is 12.3 Å². The molecule has 0 unspecified atom stereocenters. The Hall–Kier alpha value is -1.20. The molecule has 0 aliphatic heterocycles. The standard InChI is InChI=1S/C11H10BrFN2O/c12-7-1-2-8(9(13)5-7)10-6-15-11(16-10)3-4-14/h1-2,5-6H,3-4,14H2. The van der Waals surface area contributed by atoms with Gasteiger partial charge in [0.2, 0.25) is 0 Å². The molecule has 0 radical (unpaired) electrons. The fourth-order valence-corrected chi connectivity index (χ4v) is 1.70. The Kier molecular flexibility index (Phi) is 3.36. The van der Waals surface area contributed by atoms with Gasteiger partial charge in [0, 0.05) is 17.4 Å². The molecule has 5 heteroatoms. The Morgan fingerprint density at radius 2 is 2.25 bits per heavy atom. The molecule has 1 aromatic heterocycles. The fourth-order valence-electron chi connectivity index (χ4n) is 1.36. The van der Waals surface area contributed by atoms with Gasteiger partial charge in [0.1, 0.15) is 5.82 Å². The summed E-state index contributed by atoms with van der Waals surface area (Å²) in [7, 11) is 0. The number of oxazole rings is 1. The molecule has 2 N–H and O–H groups in total. The van der Waals surface area contributed by atoms with E-state index in [4.69, 9.17) is 10.2 Å². The maximum absolute atomic E-state index is 13.6. The first-order chi connectivity index (χ1) is 7.70. The zero-order valence-electron chi connectivity index (χ0n) is 8.41. The van der Waals surface area contributed by atoms with Gasteiger partial charge in [0.15, 0.2) is 11.7 Å². The molecule has 0 fully saturated rings. The van der Waals surface area contributed by atoms with Crippen LogP contribution >= 0.6 is 15.9 Å². The Bertz CT molecular complexity index is 498. The van der Waals surface area contributed by atoms with E-state index in [2.05, 4.69) is 20.9 Å². The molecule has 84 valence electrons. The number of rotatable bonds is 3. The van der Waals surface area contributed by atoms with Crippen LogP contribution in [-0.2, 0) is 6.42 Å². The van der Waals surface area contributed by atoms with E-state index in [0.29, 0.717) is 34.7 Å². The molecule has 0 amide bonds. The number of benzene rings is 1. The van der Waals surface area contributed by atoms with Crippen molar-refractivity contribution < 1.29 is 8.81 Å². The van der Waals surface area contributed by atoms with Crippen molar-refractivity contribution in [2.24, 2.45) is 5.73 Å². The Morgan fingerprint density at radius 3 is 2.94 bits per heavy atom.